The van der Waals surface area contributed by atoms with Gasteiger partial charge in [0.1, 0.15) is 5.75 Å². The first kappa shape index (κ1) is 19.0. The normalized spacial score (nSPS) is 11.4. The summed E-state index contributed by atoms with van der Waals surface area (Å²) in [7, 11) is -0.665. The average molecular weight is 362 g/mol. The van der Waals surface area contributed by atoms with Crippen LogP contribution < -0.4 is 10.1 Å². The number of benzene rings is 2. The third kappa shape index (κ3) is 4.58. The maximum Gasteiger partial charge on any atom is 0.242 e. The van der Waals surface area contributed by atoms with E-state index in [-0.39, 0.29) is 17.2 Å². The van der Waals surface area contributed by atoms with Gasteiger partial charge in [-0.15, -0.1) is 0 Å². The van der Waals surface area contributed by atoms with Gasteiger partial charge in [-0.1, -0.05) is 24.3 Å². The van der Waals surface area contributed by atoms with Crippen LogP contribution in [0.2, 0.25) is 0 Å². The number of Topliss-reactive ketones (excluding diaryl/α,β-unsaturated/α-hetero) is 1. The number of para-hydroxylation sites is 2. The molecule has 0 saturated carbocycles. The van der Waals surface area contributed by atoms with E-state index in [2.05, 4.69) is 5.32 Å². The standard InChI is InChI=1S/C18H22N2O4S/c1-4-24-18-11-6-5-10-16(18)19-13-17(21)14-8-7-9-15(12-14)25(22,23)20(2)3/h5-12,19H,4,13H2,1-3H3. The van der Waals surface area contributed by atoms with Crippen LogP contribution in [0.1, 0.15) is 17.3 Å². The number of ketones is 1. The Morgan fingerprint density at radius 1 is 1.12 bits per heavy atom. The second kappa shape index (κ2) is 8.13. The zero-order valence-electron chi connectivity index (χ0n) is 14.5. The van der Waals surface area contributed by atoms with E-state index in [1.807, 2.05) is 31.2 Å². The number of carbonyl (C=O) groups excluding carboxylic acids is 1. The second-order valence-corrected chi connectivity index (χ2v) is 7.67. The van der Waals surface area contributed by atoms with Crippen LogP contribution in [-0.2, 0) is 10.0 Å². The molecule has 2 aromatic carbocycles. The maximum atomic E-state index is 12.4. The Morgan fingerprint density at radius 3 is 2.52 bits per heavy atom. The summed E-state index contributed by atoms with van der Waals surface area (Å²) in [6, 6.07) is 13.4. The van der Waals surface area contributed by atoms with E-state index in [1.54, 1.807) is 12.1 Å². The lowest BCUT2D eigenvalue weighted by atomic mass is 10.1. The molecular weight excluding hydrogens is 340 g/mol. The number of nitrogens with zero attached hydrogens (tertiary/aromatic N) is 1. The predicted octanol–water partition coefficient (Wildman–Crippen LogP) is 2.63. The van der Waals surface area contributed by atoms with Gasteiger partial charge >= 0.3 is 0 Å². The molecule has 0 heterocycles. The number of sulfonamides is 1. The molecule has 0 radical (unpaired) electrons. The van der Waals surface area contributed by atoms with Gasteiger partial charge in [-0.05, 0) is 31.2 Å². The SMILES string of the molecule is CCOc1ccccc1NCC(=O)c1cccc(S(=O)(=O)N(C)C)c1. The largest absolute Gasteiger partial charge is 0.492 e. The minimum absolute atomic E-state index is 0.0373. The maximum absolute atomic E-state index is 12.4. The molecule has 0 unspecified atom stereocenters. The molecule has 0 bridgehead atoms. The Kier molecular flexibility index (Phi) is 6.17. The molecule has 2 aromatic rings. The van der Waals surface area contributed by atoms with Gasteiger partial charge in [0, 0.05) is 19.7 Å². The number of ether oxygens (including phenoxy) is 1. The molecule has 0 amide bonds. The lowest BCUT2D eigenvalue weighted by Crippen LogP contribution is -2.22. The van der Waals surface area contributed by atoms with E-state index in [1.165, 1.54) is 26.2 Å². The summed E-state index contributed by atoms with van der Waals surface area (Å²) in [6.45, 7) is 2.45. The van der Waals surface area contributed by atoms with E-state index in [0.717, 1.165) is 9.99 Å². The van der Waals surface area contributed by atoms with Crippen LogP contribution in [0.4, 0.5) is 5.69 Å². The third-order valence-electron chi connectivity index (χ3n) is 3.56. The van der Waals surface area contributed by atoms with Crippen molar-refractivity contribution < 1.29 is 17.9 Å². The Bertz CT molecular complexity index is 848. The number of hydrogen-bond donors (Lipinski definition) is 1. The molecule has 6 nitrogen and oxygen atoms in total. The first-order valence-corrected chi connectivity index (χ1v) is 9.31. The minimum atomic E-state index is -3.57. The predicted molar refractivity (Wildman–Crippen MR) is 97.7 cm³/mol. The summed E-state index contributed by atoms with van der Waals surface area (Å²) < 4.78 is 31.0. The molecule has 1 N–H and O–H groups in total. The van der Waals surface area contributed by atoms with Crippen molar-refractivity contribution in [2.75, 3.05) is 32.6 Å². The van der Waals surface area contributed by atoms with Crippen molar-refractivity contribution >= 4 is 21.5 Å². The Hall–Kier alpha value is -2.38. The molecule has 2 rings (SSSR count). The summed E-state index contributed by atoms with van der Waals surface area (Å²) in [5.74, 6) is 0.462. The Morgan fingerprint density at radius 2 is 1.84 bits per heavy atom. The number of carbonyl (C=O) groups is 1. The van der Waals surface area contributed by atoms with Gasteiger partial charge < -0.3 is 10.1 Å². The van der Waals surface area contributed by atoms with Crippen molar-refractivity contribution in [2.45, 2.75) is 11.8 Å². The molecule has 0 saturated heterocycles. The number of nitrogens with one attached hydrogen (secondary N) is 1. The summed E-state index contributed by atoms with van der Waals surface area (Å²) in [5.41, 5.74) is 1.05. The molecule has 0 spiro atoms. The fourth-order valence-electron chi connectivity index (χ4n) is 2.21. The van der Waals surface area contributed by atoms with Gasteiger partial charge in [0.2, 0.25) is 10.0 Å². The van der Waals surface area contributed by atoms with E-state index in [0.29, 0.717) is 17.9 Å². The minimum Gasteiger partial charge on any atom is -0.492 e. The van der Waals surface area contributed by atoms with Gasteiger partial charge in [0.05, 0.1) is 23.7 Å². The highest BCUT2D eigenvalue weighted by atomic mass is 32.2. The van der Waals surface area contributed by atoms with E-state index >= 15 is 0 Å². The van der Waals surface area contributed by atoms with Crippen molar-refractivity contribution in [3.8, 4) is 5.75 Å². The van der Waals surface area contributed by atoms with Crippen LogP contribution >= 0.6 is 0 Å². The third-order valence-corrected chi connectivity index (χ3v) is 5.37. The summed E-state index contributed by atoms with van der Waals surface area (Å²) in [6.07, 6.45) is 0. The lowest BCUT2D eigenvalue weighted by molar-refractivity contribution is 0.101. The van der Waals surface area contributed by atoms with Crippen LogP contribution in [0.15, 0.2) is 53.4 Å². The molecule has 0 fully saturated rings. The lowest BCUT2D eigenvalue weighted by Gasteiger charge is -2.13. The molecule has 0 aromatic heterocycles. The molecule has 134 valence electrons. The molecular formula is C18H22N2O4S. The van der Waals surface area contributed by atoms with E-state index < -0.39 is 10.0 Å². The Labute approximate surface area is 148 Å². The first-order valence-electron chi connectivity index (χ1n) is 7.87. The van der Waals surface area contributed by atoms with E-state index in [9.17, 15) is 13.2 Å². The van der Waals surface area contributed by atoms with Crippen LogP contribution in [0.25, 0.3) is 0 Å². The molecule has 0 atom stereocenters. The zero-order valence-corrected chi connectivity index (χ0v) is 15.3. The van der Waals surface area contributed by atoms with Crippen molar-refractivity contribution in [3.63, 3.8) is 0 Å². The molecule has 7 heteroatoms. The summed E-state index contributed by atoms with van der Waals surface area (Å²) >= 11 is 0. The van der Waals surface area contributed by atoms with Gasteiger partial charge in [-0.3, -0.25) is 4.79 Å². The van der Waals surface area contributed by atoms with Crippen LogP contribution in [0, 0.1) is 0 Å². The van der Waals surface area contributed by atoms with Crippen molar-refractivity contribution in [1.82, 2.24) is 4.31 Å². The molecule has 0 aliphatic heterocycles. The average Bonchev–Trinajstić information content (AvgIpc) is 2.61. The second-order valence-electron chi connectivity index (χ2n) is 5.52. The fourth-order valence-corrected chi connectivity index (χ4v) is 3.16. The topological polar surface area (TPSA) is 75.7 Å². The van der Waals surface area contributed by atoms with Gasteiger partial charge in [-0.2, -0.15) is 0 Å². The first-order chi connectivity index (χ1) is 11.9. The number of anilines is 1. The molecule has 0 aliphatic carbocycles. The van der Waals surface area contributed by atoms with Crippen LogP contribution in [-0.4, -0.2) is 45.8 Å². The van der Waals surface area contributed by atoms with Crippen molar-refractivity contribution in [2.24, 2.45) is 0 Å². The van der Waals surface area contributed by atoms with Crippen molar-refractivity contribution in [3.05, 3.63) is 54.1 Å². The zero-order chi connectivity index (χ0) is 18.4. The van der Waals surface area contributed by atoms with Crippen LogP contribution in [0.3, 0.4) is 0 Å². The highest BCUT2D eigenvalue weighted by Gasteiger charge is 2.18. The molecule has 25 heavy (non-hydrogen) atoms. The van der Waals surface area contributed by atoms with Gasteiger partial charge in [0.15, 0.2) is 5.78 Å². The van der Waals surface area contributed by atoms with Gasteiger partial charge in [0.25, 0.3) is 0 Å². The van der Waals surface area contributed by atoms with Gasteiger partial charge in [-0.25, -0.2) is 12.7 Å². The number of rotatable bonds is 8. The summed E-state index contributed by atoms with van der Waals surface area (Å²) in [5, 5.41) is 3.04. The highest BCUT2D eigenvalue weighted by Crippen LogP contribution is 2.23. The Balaban J connectivity index is 2.15. The van der Waals surface area contributed by atoms with E-state index in [4.69, 9.17) is 4.74 Å². The number of hydrogen-bond acceptors (Lipinski definition) is 5. The fraction of sp³-hybridized carbons (Fsp3) is 0.278. The van der Waals surface area contributed by atoms with Crippen LogP contribution in [0.5, 0.6) is 5.75 Å². The highest BCUT2D eigenvalue weighted by molar-refractivity contribution is 7.89. The monoisotopic (exact) mass is 362 g/mol. The van der Waals surface area contributed by atoms with Crippen molar-refractivity contribution in [1.29, 1.82) is 0 Å². The molecule has 0 aliphatic rings. The smallest absolute Gasteiger partial charge is 0.242 e. The quantitative estimate of drug-likeness (QED) is 0.731. The summed E-state index contributed by atoms with van der Waals surface area (Å²) in [4.78, 5) is 12.5.